The van der Waals surface area contributed by atoms with Gasteiger partial charge in [-0.15, -0.1) is 0 Å². The second-order valence-electron chi connectivity index (χ2n) is 5.21. The number of nitrogens with zero attached hydrogens (tertiary/aromatic N) is 3. The van der Waals surface area contributed by atoms with Crippen LogP contribution in [0.5, 0.6) is 5.75 Å². The molecule has 1 aromatic heterocycles. The van der Waals surface area contributed by atoms with Crippen LogP contribution in [-0.4, -0.2) is 28.0 Å². The summed E-state index contributed by atoms with van der Waals surface area (Å²) < 4.78 is 19.9. The van der Waals surface area contributed by atoms with Crippen LogP contribution in [0.1, 0.15) is 12.5 Å². The summed E-state index contributed by atoms with van der Waals surface area (Å²) in [6, 6.07) is 6.99. The summed E-state index contributed by atoms with van der Waals surface area (Å²) in [5.74, 6) is -0.296. The van der Waals surface area contributed by atoms with E-state index in [1.54, 1.807) is 6.07 Å². The summed E-state index contributed by atoms with van der Waals surface area (Å²) in [5.41, 5.74) is 0.231. The molecule has 0 saturated carbocycles. The molecule has 1 heterocycles. The van der Waals surface area contributed by atoms with Crippen molar-refractivity contribution in [2.75, 3.05) is 13.7 Å². The molecule has 1 aromatic carbocycles. The topological polar surface area (TPSA) is 77.6 Å². The fraction of sp³-hybridized carbons (Fsp3) is 0.312. The van der Waals surface area contributed by atoms with E-state index in [-0.39, 0.29) is 23.7 Å². The van der Waals surface area contributed by atoms with Crippen molar-refractivity contribution in [1.82, 2.24) is 9.47 Å². The average molecular weight is 335 g/mol. The van der Waals surface area contributed by atoms with E-state index >= 15 is 0 Å². The Labute approximate surface area is 138 Å². The molecule has 0 aliphatic rings. The molecule has 2 rings (SSSR count). The molecule has 0 unspecified atom stereocenters. The standard InChI is InChI=1S/C16H18FN3O4/c1-3-18(9-12-4-6-15(24-2)14(17)8-12)11-19-10-13(20(22)23)5-7-16(19)21/h4-8,10H,3,9,11H2,1-2H3. The van der Waals surface area contributed by atoms with Crippen molar-refractivity contribution >= 4 is 5.69 Å². The lowest BCUT2D eigenvalue weighted by molar-refractivity contribution is -0.385. The normalized spacial score (nSPS) is 10.8. The van der Waals surface area contributed by atoms with E-state index in [0.29, 0.717) is 18.7 Å². The van der Waals surface area contributed by atoms with Gasteiger partial charge in [-0.25, -0.2) is 4.39 Å². The van der Waals surface area contributed by atoms with Crippen molar-refractivity contribution in [2.24, 2.45) is 0 Å². The monoisotopic (exact) mass is 335 g/mol. The Balaban J connectivity index is 2.18. The molecule has 24 heavy (non-hydrogen) atoms. The number of hydrogen-bond donors (Lipinski definition) is 0. The Hall–Kier alpha value is -2.74. The molecular formula is C16H18FN3O4. The minimum atomic E-state index is -0.551. The SMILES string of the molecule is CCN(Cc1ccc(OC)c(F)c1)Cn1cc([N+](=O)[O-])ccc1=O. The molecule has 0 aliphatic heterocycles. The third-order valence-electron chi connectivity index (χ3n) is 3.60. The van der Waals surface area contributed by atoms with Crippen molar-refractivity contribution in [1.29, 1.82) is 0 Å². The van der Waals surface area contributed by atoms with Crippen LogP contribution >= 0.6 is 0 Å². The summed E-state index contributed by atoms with van der Waals surface area (Å²) >= 11 is 0. The quantitative estimate of drug-likeness (QED) is 0.573. The molecule has 8 heteroatoms. The Kier molecular flexibility index (Phi) is 5.64. The number of pyridine rings is 1. The highest BCUT2D eigenvalue weighted by Crippen LogP contribution is 2.19. The van der Waals surface area contributed by atoms with Gasteiger partial charge in [0, 0.05) is 18.7 Å². The van der Waals surface area contributed by atoms with Crippen LogP contribution in [0, 0.1) is 15.9 Å². The van der Waals surface area contributed by atoms with E-state index in [1.165, 1.54) is 42.1 Å². The molecular weight excluding hydrogens is 317 g/mol. The van der Waals surface area contributed by atoms with Gasteiger partial charge >= 0.3 is 0 Å². The molecule has 0 saturated heterocycles. The molecule has 128 valence electrons. The Morgan fingerprint density at radius 3 is 2.67 bits per heavy atom. The summed E-state index contributed by atoms with van der Waals surface area (Å²) in [4.78, 5) is 24.0. The second-order valence-corrected chi connectivity index (χ2v) is 5.21. The zero-order valence-electron chi connectivity index (χ0n) is 13.4. The Bertz CT molecular complexity index is 791. The maximum Gasteiger partial charge on any atom is 0.285 e. The van der Waals surface area contributed by atoms with Crippen molar-refractivity contribution < 1.29 is 14.1 Å². The predicted molar refractivity (Wildman–Crippen MR) is 86.4 cm³/mol. The maximum atomic E-state index is 13.8. The first-order valence-corrected chi connectivity index (χ1v) is 7.34. The first-order chi connectivity index (χ1) is 11.4. The molecule has 0 amide bonds. The smallest absolute Gasteiger partial charge is 0.285 e. The zero-order valence-corrected chi connectivity index (χ0v) is 13.4. The summed E-state index contributed by atoms with van der Waals surface area (Å²) in [6.07, 6.45) is 1.21. The first-order valence-electron chi connectivity index (χ1n) is 7.34. The third-order valence-corrected chi connectivity index (χ3v) is 3.60. The number of aromatic nitrogens is 1. The van der Waals surface area contributed by atoms with Gasteiger partial charge < -0.3 is 4.74 Å². The predicted octanol–water partition coefficient (Wildman–Crippen LogP) is 2.38. The molecule has 0 N–H and O–H groups in total. The summed E-state index contributed by atoms with van der Waals surface area (Å²) in [6.45, 7) is 3.04. The van der Waals surface area contributed by atoms with Crippen molar-refractivity contribution in [2.45, 2.75) is 20.1 Å². The van der Waals surface area contributed by atoms with Crippen LogP contribution in [0.25, 0.3) is 0 Å². The van der Waals surface area contributed by atoms with Crippen molar-refractivity contribution in [3.05, 3.63) is 68.4 Å². The number of benzene rings is 1. The summed E-state index contributed by atoms with van der Waals surface area (Å²) in [5, 5.41) is 10.8. The van der Waals surface area contributed by atoms with E-state index in [9.17, 15) is 19.3 Å². The largest absolute Gasteiger partial charge is 0.494 e. The molecule has 7 nitrogen and oxygen atoms in total. The zero-order chi connectivity index (χ0) is 17.7. The summed E-state index contributed by atoms with van der Waals surface area (Å²) in [7, 11) is 1.39. The molecule has 2 aromatic rings. The van der Waals surface area contributed by atoms with Gasteiger partial charge in [0.2, 0.25) is 0 Å². The van der Waals surface area contributed by atoms with E-state index in [0.717, 1.165) is 0 Å². The lowest BCUT2D eigenvalue weighted by Crippen LogP contribution is -2.31. The van der Waals surface area contributed by atoms with E-state index < -0.39 is 10.7 Å². The van der Waals surface area contributed by atoms with E-state index in [1.807, 2.05) is 11.8 Å². The van der Waals surface area contributed by atoms with Crippen LogP contribution < -0.4 is 10.3 Å². The molecule has 0 atom stereocenters. The fourth-order valence-electron chi connectivity index (χ4n) is 2.28. The van der Waals surface area contributed by atoms with Crippen molar-refractivity contribution in [3.63, 3.8) is 0 Å². The number of nitro groups is 1. The van der Waals surface area contributed by atoms with Gasteiger partial charge in [0.25, 0.3) is 11.2 Å². The van der Waals surface area contributed by atoms with Crippen LogP contribution in [0.4, 0.5) is 10.1 Å². The van der Waals surface area contributed by atoms with Gasteiger partial charge in [0.05, 0.1) is 24.9 Å². The highest BCUT2D eigenvalue weighted by atomic mass is 19.1. The molecule has 0 spiro atoms. The van der Waals surface area contributed by atoms with Crippen LogP contribution in [-0.2, 0) is 13.2 Å². The number of hydrogen-bond acceptors (Lipinski definition) is 5. The number of halogens is 1. The number of rotatable bonds is 7. The lowest BCUT2D eigenvalue weighted by atomic mass is 10.2. The molecule has 0 aliphatic carbocycles. The van der Waals surface area contributed by atoms with Crippen LogP contribution in [0.15, 0.2) is 41.3 Å². The minimum Gasteiger partial charge on any atom is -0.494 e. The molecule has 0 radical (unpaired) electrons. The van der Waals surface area contributed by atoms with Crippen LogP contribution in [0.3, 0.4) is 0 Å². The highest BCUT2D eigenvalue weighted by Gasteiger charge is 2.12. The highest BCUT2D eigenvalue weighted by molar-refractivity contribution is 5.29. The van der Waals surface area contributed by atoms with Gasteiger partial charge in [-0.2, -0.15) is 0 Å². The van der Waals surface area contributed by atoms with Gasteiger partial charge in [-0.3, -0.25) is 24.4 Å². The van der Waals surface area contributed by atoms with Crippen molar-refractivity contribution in [3.8, 4) is 5.75 Å². The number of methoxy groups -OCH3 is 1. The minimum absolute atomic E-state index is 0.152. The Morgan fingerprint density at radius 1 is 1.33 bits per heavy atom. The Morgan fingerprint density at radius 2 is 2.08 bits per heavy atom. The van der Waals surface area contributed by atoms with Gasteiger partial charge in [-0.1, -0.05) is 13.0 Å². The average Bonchev–Trinajstić information content (AvgIpc) is 2.56. The first kappa shape index (κ1) is 17.6. The van der Waals surface area contributed by atoms with Gasteiger partial charge in [0.1, 0.15) is 0 Å². The third kappa shape index (κ3) is 4.17. The van der Waals surface area contributed by atoms with Gasteiger partial charge in [-0.05, 0) is 24.2 Å². The van der Waals surface area contributed by atoms with E-state index in [2.05, 4.69) is 0 Å². The second kappa shape index (κ2) is 7.69. The maximum absolute atomic E-state index is 13.8. The van der Waals surface area contributed by atoms with Crippen LogP contribution in [0.2, 0.25) is 0 Å². The van der Waals surface area contributed by atoms with E-state index in [4.69, 9.17) is 4.74 Å². The fourth-order valence-corrected chi connectivity index (χ4v) is 2.28. The lowest BCUT2D eigenvalue weighted by Gasteiger charge is -2.21. The van der Waals surface area contributed by atoms with Gasteiger partial charge in [0.15, 0.2) is 11.6 Å². The molecule has 0 bridgehead atoms. The molecule has 0 fully saturated rings. The number of ether oxygens (including phenoxy) is 1.